The predicted octanol–water partition coefficient (Wildman–Crippen LogP) is 0.710. The van der Waals surface area contributed by atoms with Crippen LogP contribution in [0.25, 0.3) is 0 Å². The summed E-state index contributed by atoms with van der Waals surface area (Å²) in [5, 5.41) is 6.64. The fourth-order valence-corrected chi connectivity index (χ4v) is 3.15. The van der Waals surface area contributed by atoms with E-state index in [0.717, 1.165) is 32.6 Å². The van der Waals surface area contributed by atoms with Crippen molar-refractivity contribution in [2.75, 3.05) is 39.3 Å². The molecule has 0 aromatic heterocycles. The van der Waals surface area contributed by atoms with Gasteiger partial charge in [0.15, 0.2) is 0 Å². The minimum absolute atomic E-state index is 0.0951. The van der Waals surface area contributed by atoms with Crippen LogP contribution in [0.3, 0.4) is 0 Å². The predicted molar refractivity (Wildman–Crippen MR) is 85.8 cm³/mol. The number of morpholine rings is 1. The summed E-state index contributed by atoms with van der Waals surface area (Å²) in [5.74, 6) is 0.110. The van der Waals surface area contributed by atoms with Gasteiger partial charge >= 0.3 is 0 Å². The molecule has 2 heterocycles. The molecule has 0 spiro atoms. The molecule has 2 aliphatic heterocycles. The summed E-state index contributed by atoms with van der Waals surface area (Å²) in [6.45, 7) is 6.59. The number of benzene rings is 1. The lowest BCUT2D eigenvalue weighted by Crippen LogP contribution is -2.55. The first-order valence-corrected chi connectivity index (χ1v) is 8.22. The molecule has 2 N–H and O–H groups in total. The van der Waals surface area contributed by atoms with E-state index in [9.17, 15) is 4.79 Å². The van der Waals surface area contributed by atoms with E-state index in [1.54, 1.807) is 0 Å². The Bertz CT molecular complexity index is 497. The van der Waals surface area contributed by atoms with Gasteiger partial charge in [0.2, 0.25) is 0 Å². The summed E-state index contributed by atoms with van der Waals surface area (Å²) in [6.07, 6.45) is 0.692. The van der Waals surface area contributed by atoms with Gasteiger partial charge in [-0.15, -0.1) is 0 Å². The maximum atomic E-state index is 12.8. The van der Waals surface area contributed by atoms with Crippen molar-refractivity contribution < 1.29 is 9.53 Å². The van der Waals surface area contributed by atoms with Gasteiger partial charge in [0.05, 0.1) is 12.6 Å². The van der Waals surface area contributed by atoms with Crippen LogP contribution in [0.5, 0.6) is 0 Å². The summed E-state index contributed by atoms with van der Waals surface area (Å²) >= 11 is 0. The zero-order valence-corrected chi connectivity index (χ0v) is 13.2. The maximum Gasteiger partial charge on any atom is 0.253 e. The van der Waals surface area contributed by atoms with Gasteiger partial charge < -0.3 is 20.3 Å². The fraction of sp³-hybridized carbons (Fsp3) is 0.588. The molecule has 2 aliphatic rings. The number of hydrogen-bond donors (Lipinski definition) is 2. The lowest BCUT2D eigenvalue weighted by atomic mass is 10.00. The molecule has 0 radical (unpaired) electrons. The van der Waals surface area contributed by atoms with Gasteiger partial charge in [-0.2, -0.15) is 0 Å². The van der Waals surface area contributed by atoms with E-state index in [2.05, 4.69) is 41.8 Å². The Morgan fingerprint density at radius 2 is 2.00 bits per heavy atom. The van der Waals surface area contributed by atoms with Crippen LogP contribution in [0.15, 0.2) is 24.3 Å². The molecule has 3 rings (SSSR count). The number of nitrogens with zero attached hydrogens (tertiary/aromatic N) is 1. The summed E-state index contributed by atoms with van der Waals surface area (Å²) in [4.78, 5) is 14.8. The SMILES string of the molecule is CCc1ccc(C2CNCCN2C(=O)[C@H]2CNCCO2)cc1. The van der Waals surface area contributed by atoms with Gasteiger partial charge in [0.25, 0.3) is 5.91 Å². The topological polar surface area (TPSA) is 53.6 Å². The van der Waals surface area contributed by atoms with Gasteiger partial charge in [0.1, 0.15) is 6.10 Å². The zero-order chi connectivity index (χ0) is 15.4. The number of aryl methyl sites for hydroxylation is 1. The lowest BCUT2D eigenvalue weighted by molar-refractivity contribution is -0.148. The Hall–Kier alpha value is -1.43. The van der Waals surface area contributed by atoms with E-state index < -0.39 is 0 Å². The van der Waals surface area contributed by atoms with Crippen molar-refractivity contribution >= 4 is 5.91 Å². The number of nitrogens with one attached hydrogen (secondary N) is 2. The van der Waals surface area contributed by atoms with Gasteiger partial charge in [-0.25, -0.2) is 0 Å². The Morgan fingerprint density at radius 1 is 1.23 bits per heavy atom. The fourth-order valence-electron chi connectivity index (χ4n) is 3.15. The van der Waals surface area contributed by atoms with Crippen molar-refractivity contribution in [2.45, 2.75) is 25.5 Å². The largest absolute Gasteiger partial charge is 0.366 e. The van der Waals surface area contributed by atoms with E-state index in [0.29, 0.717) is 13.2 Å². The average molecular weight is 303 g/mol. The van der Waals surface area contributed by atoms with E-state index in [4.69, 9.17) is 4.74 Å². The molecule has 1 aromatic carbocycles. The third-order valence-corrected chi connectivity index (χ3v) is 4.50. The zero-order valence-electron chi connectivity index (χ0n) is 13.2. The minimum Gasteiger partial charge on any atom is -0.366 e. The standard InChI is InChI=1S/C17H25N3O2/c1-2-13-3-5-14(6-4-13)15-11-18-7-9-20(15)17(21)16-12-19-8-10-22-16/h3-6,15-16,18-19H,2,7-12H2,1H3/t15?,16-/m1/s1. The first-order chi connectivity index (χ1) is 10.8. The van der Waals surface area contributed by atoms with Crippen molar-refractivity contribution in [1.82, 2.24) is 15.5 Å². The van der Waals surface area contributed by atoms with Gasteiger partial charge in [-0.1, -0.05) is 31.2 Å². The Balaban J connectivity index is 1.76. The molecule has 2 fully saturated rings. The number of amides is 1. The van der Waals surface area contributed by atoms with E-state index in [1.165, 1.54) is 11.1 Å². The molecule has 22 heavy (non-hydrogen) atoms. The molecule has 1 aromatic rings. The van der Waals surface area contributed by atoms with Crippen LogP contribution in [0.2, 0.25) is 0 Å². The summed E-state index contributed by atoms with van der Waals surface area (Å²) < 4.78 is 5.64. The van der Waals surface area contributed by atoms with Crippen LogP contribution in [-0.4, -0.2) is 56.2 Å². The Labute approximate surface area is 132 Å². The van der Waals surface area contributed by atoms with Crippen molar-refractivity contribution in [3.05, 3.63) is 35.4 Å². The highest BCUT2D eigenvalue weighted by atomic mass is 16.5. The van der Waals surface area contributed by atoms with E-state index >= 15 is 0 Å². The number of carbonyl (C=O) groups excluding carboxylic acids is 1. The Kier molecular flexibility index (Phi) is 5.08. The molecule has 1 amide bonds. The minimum atomic E-state index is -0.343. The highest BCUT2D eigenvalue weighted by Crippen LogP contribution is 2.24. The molecule has 120 valence electrons. The average Bonchev–Trinajstić information content (AvgIpc) is 2.62. The number of piperazine rings is 1. The lowest BCUT2D eigenvalue weighted by Gasteiger charge is -2.39. The number of rotatable bonds is 3. The van der Waals surface area contributed by atoms with Gasteiger partial charge in [-0.3, -0.25) is 4.79 Å². The van der Waals surface area contributed by atoms with Crippen LogP contribution < -0.4 is 10.6 Å². The molecule has 1 unspecified atom stereocenters. The van der Waals surface area contributed by atoms with Crippen molar-refractivity contribution in [2.24, 2.45) is 0 Å². The molecule has 0 bridgehead atoms. The van der Waals surface area contributed by atoms with E-state index in [-0.39, 0.29) is 18.1 Å². The second-order valence-corrected chi connectivity index (χ2v) is 5.91. The number of ether oxygens (including phenoxy) is 1. The molecule has 0 saturated carbocycles. The number of hydrogen-bond acceptors (Lipinski definition) is 4. The normalized spacial score (nSPS) is 26.0. The van der Waals surface area contributed by atoms with Crippen LogP contribution >= 0.6 is 0 Å². The highest BCUT2D eigenvalue weighted by molar-refractivity contribution is 5.82. The van der Waals surface area contributed by atoms with Crippen LogP contribution in [0, 0.1) is 0 Å². The second-order valence-electron chi connectivity index (χ2n) is 5.91. The molecule has 2 saturated heterocycles. The Morgan fingerprint density at radius 3 is 2.68 bits per heavy atom. The van der Waals surface area contributed by atoms with Gasteiger partial charge in [0, 0.05) is 32.7 Å². The first kappa shape index (κ1) is 15.5. The van der Waals surface area contributed by atoms with E-state index in [1.807, 2.05) is 4.90 Å². The molecule has 2 atom stereocenters. The maximum absolute atomic E-state index is 12.8. The smallest absolute Gasteiger partial charge is 0.253 e. The first-order valence-electron chi connectivity index (χ1n) is 8.22. The monoisotopic (exact) mass is 303 g/mol. The van der Waals surface area contributed by atoms with Crippen molar-refractivity contribution in [3.8, 4) is 0 Å². The van der Waals surface area contributed by atoms with Crippen LogP contribution in [0.1, 0.15) is 24.1 Å². The second kappa shape index (κ2) is 7.22. The van der Waals surface area contributed by atoms with Crippen LogP contribution in [0.4, 0.5) is 0 Å². The molecule has 0 aliphatic carbocycles. The summed E-state index contributed by atoms with van der Waals surface area (Å²) in [7, 11) is 0. The summed E-state index contributed by atoms with van der Waals surface area (Å²) in [6, 6.07) is 8.71. The van der Waals surface area contributed by atoms with Crippen molar-refractivity contribution in [1.29, 1.82) is 0 Å². The van der Waals surface area contributed by atoms with Crippen LogP contribution in [-0.2, 0) is 16.0 Å². The quantitative estimate of drug-likeness (QED) is 0.863. The molecule has 5 heteroatoms. The summed E-state index contributed by atoms with van der Waals surface area (Å²) in [5.41, 5.74) is 2.52. The molecular formula is C17H25N3O2. The third-order valence-electron chi connectivity index (χ3n) is 4.50. The number of carbonyl (C=O) groups is 1. The molecular weight excluding hydrogens is 278 g/mol. The highest BCUT2D eigenvalue weighted by Gasteiger charge is 2.33. The van der Waals surface area contributed by atoms with Gasteiger partial charge in [-0.05, 0) is 17.5 Å². The molecule has 5 nitrogen and oxygen atoms in total. The third kappa shape index (κ3) is 3.32. The van der Waals surface area contributed by atoms with Crippen molar-refractivity contribution in [3.63, 3.8) is 0 Å².